The Morgan fingerprint density at radius 2 is 2.30 bits per heavy atom. The van der Waals surface area contributed by atoms with Gasteiger partial charge in [0.05, 0.1) is 18.3 Å². The second-order valence-corrected chi connectivity index (χ2v) is 5.61. The Morgan fingerprint density at radius 1 is 1.45 bits per heavy atom. The van der Waals surface area contributed by atoms with E-state index >= 15 is 0 Å². The van der Waals surface area contributed by atoms with Crippen LogP contribution < -0.4 is 11.2 Å². The molecule has 0 saturated carbocycles. The SMILES string of the molecule is O=c1[nH]c(=O)n([C@@H]2CC[C@@H](CO)O2)cc1-c1cccs1. The van der Waals surface area contributed by atoms with Crippen LogP contribution in [0.15, 0.2) is 33.3 Å². The first-order chi connectivity index (χ1) is 9.69. The number of ether oxygens (including phenoxy) is 1. The number of nitrogens with zero attached hydrogens (tertiary/aromatic N) is 1. The summed E-state index contributed by atoms with van der Waals surface area (Å²) in [7, 11) is 0. The lowest BCUT2D eigenvalue weighted by Crippen LogP contribution is -2.33. The topological polar surface area (TPSA) is 84.3 Å². The highest BCUT2D eigenvalue weighted by Gasteiger charge is 2.27. The number of H-pyrrole nitrogens is 1. The zero-order valence-corrected chi connectivity index (χ0v) is 11.4. The maximum atomic E-state index is 11.9. The van der Waals surface area contributed by atoms with E-state index in [1.807, 2.05) is 17.5 Å². The van der Waals surface area contributed by atoms with Crippen molar-refractivity contribution in [3.63, 3.8) is 0 Å². The maximum absolute atomic E-state index is 11.9. The molecule has 2 aromatic rings. The molecule has 0 amide bonds. The lowest BCUT2D eigenvalue weighted by atomic mass is 10.2. The molecule has 0 bridgehead atoms. The molecular formula is C13H14N2O4S. The van der Waals surface area contributed by atoms with Crippen molar-refractivity contribution in [3.8, 4) is 10.4 Å². The maximum Gasteiger partial charge on any atom is 0.330 e. The minimum Gasteiger partial charge on any atom is -0.394 e. The van der Waals surface area contributed by atoms with Crippen LogP contribution in [0, 0.1) is 0 Å². The Hall–Kier alpha value is -1.70. The minimum absolute atomic E-state index is 0.0631. The van der Waals surface area contributed by atoms with Gasteiger partial charge in [0, 0.05) is 11.1 Å². The van der Waals surface area contributed by atoms with E-state index in [1.165, 1.54) is 22.1 Å². The zero-order chi connectivity index (χ0) is 14.1. The Bertz CT molecular complexity index is 704. The molecule has 2 atom stereocenters. The van der Waals surface area contributed by atoms with Crippen molar-refractivity contribution in [2.24, 2.45) is 0 Å². The van der Waals surface area contributed by atoms with Crippen LogP contribution >= 0.6 is 11.3 Å². The number of hydrogen-bond acceptors (Lipinski definition) is 5. The van der Waals surface area contributed by atoms with Crippen LogP contribution in [0.2, 0.25) is 0 Å². The largest absolute Gasteiger partial charge is 0.394 e. The van der Waals surface area contributed by atoms with Gasteiger partial charge in [-0.25, -0.2) is 4.79 Å². The molecule has 6 nitrogen and oxygen atoms in total. The molecule has 1 aliphatic heterocycles. The predicted octanol–water partition coefficient (Wildman–Crippen LogP) is 0.935. The molecule has 0 aromatic carbocycles. The fourth-order valence-electron chi connectivity index (χ4n) is 2.33. The molecule has 0 unspecified atom stereocenters. The van der Waals surface area contributed by atoms with Crippen molar-refractivity contribution in [1.82, 2.24) is 9.55 Å². The number of hydrogen-bond donors (Lipinski definition) is 2. The lowest BCUT2D eigenvalue weighted by molar-refractivity contribution is -0.0245. The van der Waals surface area contributed by atoms with Gasteiger partial charge in [-0.1, -0.05) is 6.07 Å². The monoisotopic (exact) mass is 294 g/mol. The zero-order valence-electron chi connectivity index (χ0n) is 10.6. The molecule has 2 aromatic heterocycles. The number of aromatic amines is 1. The van der Waals surface area contributed by atoms with E-state index in [0.29, 0.717) is 18.4 Å². The first-order valence-corrected chi connectivity index (χ1v) is 7.22. The highest BCUT2D eigenvalue weighted by atomic mass is 32.1. The molecule has 20 heavy (non-hydrogen) atoms. The van der Waals surface area contributed by atoms with Crippen LogP contribution in [-0.2, 0) is 4.74 Å². The number of aliphatic hydroxyl groups excluding tert-OH is 1. The molecule has 1 aliphatic rings. The molecule has 0 aliphatic carbocycles. The number of aliphatic hydroxyl groups is 1. The average molecular weight is 294 g/mol. The summed E-state index contributed by atoms with van der Waals surface area (Å²) in [5.41, 5.74) is -0.431. The number of aromatic nitrogens is 2. The Labute approximate surface area is 118 Å². The normalized spacial score (nSPS) is 22.2. The summed E-state index contributed by atoms with van der Waals surface area (Å²) in [6.07, 6.45) is 2.19. The first-order valence-electron chi connectivity index (χ1n) is 6.34. The molecule has 0 radical (unpaired) electrons. The molecular weight excluding hydrogens is 280 g/mol. The predicted molar refractivity (Wildman–Crippen MR) is 74.9 cm³/mol. The fourth-order valence-corrected chi connectivity index (χ4v) is 3.07. The van der Waals surface area contributed by atoms with Crippen molar-refractivity contribution in [3.05, 3.63) is 44.5 Å². The highest BCUT2D eigenvalue weighted by molar-refractivity contribution is 7.13. The van der Waals surface area contributed by atoms with Crippen LogP contribution in [0.3, 0.4) is 0 Å². The van der Waals surface area contributed by atoms with Crippen LogP contribution in [0.25, 0.3) is 10.4 Å². The van der Waals surface area contributed by atoms with Gasteiger partial charge < -0.3 is 9.84 Å². The second kappa shape index (κ2) is 5.35. The van der Waals surface area contributed by atoms with E-state index in [2.05, 4.69) is 4.98 Å². The molecule has 0 spiro atoms. The third kappa shape index (κ3) is 2.35. The van der Waals surface area contributed by atoms with Gasteiger partial charge in [0.25, 0.3) is 5.56 Å². The highest BCUT2D eigenvalue weighted by Crippen LogP contribution is 2.28. The summed E-state index contributed by atoms with van der Waals surface area (Å²) in [6.45, 7) is -0.0631. The second-order valence-electron chi connectivity index (χ2n) is 4.66. The number of rotatable bonds is 3. The molecule has 3 heterocycles. The van der Waals surface area contributed by atoms with Gasteiger partial charge in [-0.05, 0) is 24.3 Å². The Balaban J connectivity index is 2.02. The molecule has 106 valence electrons. The Kier molecular flexibility index (Phi) is 3.56. The summed E-state index contributed by atoms with van der Waals surface area (Å²) in [6, 6.07) is 3.68. The molecule has 1 fully saturated rings. The van der Waals surface area contributed by atoms with Crippen molar-refractivity contribution < 1.29 is 9.84 Å². The molecule has 1 saturated heterocycles. The molecule has 3 rings (SSSR count). The van der Waals surface area contributed by atoms with Crippen LogP contribution in [0.1, 0.15) is 19.1 Å². The lowest BCUT2D eigenvalue weighted by Gasteiger charge is -2.15. The van der Waals surface area contributed by atoms with E-state index in [1.54, 1.807) is 0 Å². The van der Waals surface area contributed by atoms with Crippen LogP contribution in [0.4, 0.5) is 0 Å². The van der Waals surface area contributed by atoms with E-state index in [9.17, 15) is 9.59 Å². The van der Waals surface area contributed by atoms with Crippen LogP contribution in [-0.4, -0.2) is 27.4 Å². The van der Waals surface area contributed by atoms with Gasteiger partial charge in [0.2, 0.25) is 0 Å². The van der Waals surface area contributed by atoms with Gasteiger partial charge in [0.15, 0.2) is 0 Å². The van der Waals surface area contributed by atoms with Crippen molar-refractivity contribution in [1.29, 1.82) is 0 Å². The fraction of sp³-hybridized carbons (Fsp3) is 0.385. The summed E-state index contributed by atoms with van der Waals surface area (Å²) < 4.78 is 6.98. The standard InChI is InChI=1S/C13H14N2O4S/c16-7-8-3-4-11(19-8)15-6-9(10-2-1-5-20-10)12(17)14-13(15)18/h1-2,5-6,8,11,16H,3-4,7H2,(H,14,17,18)/t8-,11-/m0/s1. The van der Waals surface area contributed by atoms with Gasteiger partial charge in [-0.2, -0.15) is 0 Å². The summed E-state index contributed by atoms with van der Waals surface area (Å²) in [5.74, 6) is 0. The van der Waals surface area contributed by atoms with Crippen LogP contribution in [0.5, 0.6) is 0 Å². The van der Waals surface area contributed by atoms with Gasteiger partial charge in [0.1, 0.15) is 6.23 Å². The summed E-state index contributed by atoms with van der Waals surface area (Å²) in [4.78, 5) is 26.9. The number of nitrogens with one attached hydrogen (secondary N) is 1. The third-order valence-electron chi connectivity index (χ3n) is 3.35. The first kappa shape index (κ1) is 13.3. The summed E-state index contributed by atoms with van der Waals surface area (Å²) >= 11 is 1.44. The van der Waals surface area contributed by atoms with Crippen molar-refractivity contribution in [2.45, 2.75) is 25.2 Å². The number of thiophene rings is 1. The van der Waals surface area contributed by atoms with Crippen molar-refractivity contribution in [2.75, 3.05) is 6.61 Å². The van der Waals surface area contributed by atoms with Gasteiger partial charge >= 0.3 is 5.69 Å². The smallest absolute Gasteiger partial charge is 0.330 e. The quantitative estimate of drug-likeness (QED) is 0.882. The van der Waals surface area contributed by atoms with Gasteiger partial charge in [-0.15, -0.1) is 11.3 Å². The molecule has 7 heteroatoms. The third-order valence-corrected chi connectivity index (χ3v) is 4.26. The van der Waals surface area contributed by atoms with E-state index in [0.717, 1.165) is 4.88 Å². The van der Waals surface area contributed by atoms with Gasteiger partial charge in [-0.3, -0.25) is 14.3 Å². The minimum atomic E-state index is -0.487. The summed E-state index contributed by atoms with van der Waals surface area (Å²) in [5, 5.41) is 11.0. The Morgan fingerprint density at radius 3 is 2.95 bits per heavy atom. The average Bonchev–Trinajstić information content (AvgIpc) is 3.09. The van der Waals surface area contributed by atoms with E-state index in [-0.39, 0.29) is 12.7 Å². The van der Waals surface area contributed by atoms with E-state index in [4.69, 9.17) is 9.84 Å². The molecule has 2 N–H and O–H groups in total. The van der Waals surface area contributed by atoms with Crippen molar-refractivity contribution >= 4 is 11.3 Å². The van der Waals surface area contributed by atoms with E-state index < -0.39 is 17.5 Å².